The van der Waals surface area contributed by atoms with E-state index in [1.54, 1.807) is 0 Å². The fourth-order valence-electron chi connectivity index (χ4n) is 6.80. The topological polar surface area (TPSA) is 4.93 Å². The van der Waals surface area contributed by atoms with Crippen LogP contribution in [-0.2, 0) is 0 Å². The van der Waals surface area contributed by atoms with Crippen LogP contribution in [0.3, 0.4) is 0 Å². The third-order valence-electron chi connectivity index (χ3n) is 9.20. The first kappa shape index (κ1) is 26.9. The molecule has 6 aromatic carbocycles. The number of rotatable bonds is 5. The largest absolute Gasteiger partial charge is 0.309 e. The van der Waals surface area contributed by atoms with E-state index < -0.39 is 0 Å². The highest BCUT2D eigenvalue weighted by molar-refractivity contribution is 7.25. The number of hydrogen-bond donors (Lipinski definition) is 0. The van der Waals surface area contributed by atoms with E-state index in [1.807, 2.05) is 11.3 Å². The Balaban J connectivity index is 1.37. The molecule has 1 nitrogen and oxygen atoms in total. The minimum atomic E-state index is 0.475. The minimum absolute atomic E-state index is 0.475. The number of fused-ring (bicyclic) bond motifs is 6. The molecule has 44 heavy (non-hydrogen) atoms. The van der Waals surface area contributed by atoms with Crippen molar-refractivity contribution >= 4 is 53.3 Å². The van der Waals surface area contributed by atoms with E-state index in [-0.39, 0.29) is 0 Å². The number of para-hydroxylation sites is 1. The molecule has 0 aliphatic heterocycles. The summed E-state index contributed by atoms with van der Waals surface area (Å²) in [5, 5.41) is 5.32. The lowest BCUT2D eigenvalue weighted by Crippen LogP contribution is -1.98. The summed E-state index contributed by atoms with van der Waals surface area (Å²) in [5.74, 6) is 0.951. The van der Waals surface area contributed by atoms with Crippen LogP contribution < -0.4 is 0 Å². The van der Waals surface area contributed by atoms with E-state index in [2.05, 4.69) is 160 Å². The van der Waals surface area contributed by atoms with Crippen molar-refractivity contribution in [1.82, 2.24) is 4.57 Å². The quantitative estimate of drug-likeness (QED) is 0.189. The molecule has 8 aromatic rings. The molecular formula is C42H35NS. The van der Waals surface area contributed by atoms with Crippen LogP contribution in [0.15, 0.2) is 127 Å². The van der Waals surface area contributed by atoms with Crippen LogP contribution in [0.4, 0.5) is 0 Å². The average Bonchev–Trinajstić information content (AvgIpc) is 3.59. The smallest absolute Gasteiger partial charge is 0.0541 e. The molecule has 0 fully saturated rings. The van der Waals surface area contributed by atoms with Gasteiger partial charge in [-0.1, -0.05) is 113 Å². The van der Waals surface area contributed by atoms with Gasteiger partial charge in [0.1, 0.15) is 0 Å². The fraction of sp³-hybridized carbons (Fsp3) is 0.143. The van der Waals surface area contributed by atoms with Crippen molar-refractivity contribution in [3.8, 4) is 27.9 Å². The van der Waals surface area contributed by atoms with Crippen molar-refractivity contribution in [2.75, 3.05) is 0 Å². The van der Waals surface area contributed by atoms with Gasteiger partial charge in [-0.05, 0) is 82.1 Å². The lowest BCUT2D eigenvalue weighted by atomic mass is 9.93. The van der Waals surface area contributed by atoms with Gasteiger partial charge in [0, 0.05) is 36.5 Å². The molecule has 0 spiro atoms. The molecular weight excluding hydrogens is 551 g/mol. The van der Waals surface area contributed by atoms with E-state index in [4.69, 9.17) is 0 Å². The second-order valence-corrected chi connectivity index (χ2v) is 13.7. The Hall–Kier alpha value is -4.66. The third kappa shape index (κ3) is 4.28. The van der Waals surface area contributed by atoms with Gasteiger partial charge in [0.15, 0.2) is 0 Å². The zero-order valence-corrected chi connectivity index (χ0v) is 26.5. The summed E-state index contributed by atoms with van der Waals surface area (Å²) in [6, 6.07) is 47.6. The van der Waals surface area contributed by atoms with E-state index >= 15 is 0 Å². The molecule has 0 atom stereocenters. The molecule has 2 heteroatoms. The Kier molecular flexibility index (Phi) is 6.43. The Morgan fingerprint density at radius 2 is 1.02 bits per heavy atom. The summed E-state index contributed by atoms with van der Waals surface area (Å²) >= 11 is 1.88. The van der Waals surface area contributed by atoms with E-state index in [0.29, 0.717) is 11.8 Å². The first-order valence-electron chi connectivity index (χ1n) is 15.7. The molecule has 0 bridgehead atoms. The summed E-state index contributed by atoms with van der Waals surface area (Å²) in [7, 11) is 0. The van der Waals surface area contributed by atoms with Crippen LogP contribution in [0.25, 0.3) is 69.9 Å². The Morgan fingerprint density at radius 1 is 0.455 bits per heavy atom. The summed E-state index contributed by atoms with van der Waals surface area (Å²) in [5.41, 5.74) is 11.4. The maximum absolute atomic E-state index is 2.49. The number of hydrogen-bond acceptors (Lipinski definition) is 1. The van der Waals surface area contributed by atoms with E-state index in [1.165, 1.54) is 81.0 Å². The highest BCUT2D eigenvalue weighted by Gasteiger charge is 2.19. The number of nitrogens with zero attached hydrogens (tertiary/aromatic N) is 1. The molecule has 0 aliphatic rings. The molecule has 8 rings (SSSR count). The van der Waals surface area contributed by atoms with E-state index in [0.717, 1.165) is 0 Å². The second-order valence-electron chi connectivity index (χ2n) is 12.6. The van der Waals surface area contributed by atoms with Crippen LogP contribution in [0.5, 0.6) is 0 Å². The van der Waals surface area contributed by atoms with Gasteiger partial charge in [0.05, 0.1) is 16.7 Å². The van der Waals surface area contributed by atoms with Gasteiger partial charge in [0.2, 0.25) is 0 Å². The number of aromatic nitrogens is 1. The average molecular weight is 586 g/mol. The van der Waals surface area contributed by atoms with Crippen molar-refractivity contribution in [3.05, 3.63) is 139 Å². The van der Waals surface area contributed by atoms with E-state index in [9.17, 15) is 0 Å². The molecule has 0 aliphatic carbocycles. The zero-order valence-electron chi connectivity index (χ0n) is 25.6. The summed E-state index contributed by atoms with van der Waals surface area (Å²) in [4.78, 5) is 0. The van der Waals surface area contributed by atoms with Gasteiger partial charge in [-0.2, -0.15) is 0 Å². The van der Waals surface area contributed by atoms with Gasteiger partial charge >= 0.3 is 0 Å². The van der Waals surface area contributed by atoms with Crippen LogP contribution in [-0.4, -0.2) is 4.57 Å². The van der Waals surface area contributed by atoms with Crippen molar-refractivity contribution < 1.29 is 0 Å². The Bertz CT molecular complexity index is 2280. The summed E-state index contributed by atoms with van der Waals surface area (Å²) < 4.78 is 5.15. The molecule has 214 valence electrons. The van der Waals surface area contributed by atoms with Gasteiger partial charge in [-0.3, -0.25) is 0 Å². The second kappa shape index (κ2) is 10.5. The molecule has 0 saturated heterocycles. The lowest BCUT2D eigenvalue weighted by Gasteiger charge is -2.17. The highest BCUT2D eigenvalue weighted by Crippen LogP contribution is 2.42. The normalized spacial score (nSPS) is 12.0. The molecule has 0 radical (unpaired) electrons. The SMILES string of the molecule is CC(C)c1ccc2c(c1)c1cc(C(C)C)ccc1n2-c1ccccc1-c1ccccc1-c1ccc2c(c1)sc1ccccc12. The molecule has 2 heterocycles. The predicted octanol–water partition coefficient (Wildman–Crippen LogP) is 12.7. The van der Waals surface area contributed by atoms with Crippen molar-refractivity contribution in [1.29, 1.82) is 0 Å². The Morgan fingerprint density at radius 3 is 1.70 bits per heavy atom. The highest BCUT2D eigenvalue weighted by atomic mass is 32.1. The standard InChI is InChI=1S/C42H35NS/c1-26(2)28-18-21-39-36(23-28)37-24-29(27(3)4)19-22-40(37)43(39)38-15-9-7-13-33(38)32-12-6-5-11-31(32)30-17-20-35-34-14-8-10-16-41(34)44-42(35)25-30/h5-27H,1-4H3. The van der Waals surface area contributed by atoms with Crippen molar-refractivity contribution in [2.45, 2.75) is 39.5 Å². The first-order valence-corrected chi connectivity index (χ1v) is 16.5. The van der Waals surface area contributed by atoms with Crippen LogP contribution in [0.2, 0.25) is 0 Å². The fourth-order valence-corrected chi connectivity index (χ4v) is 7.94. The van der Waals surface area contributed by atoms with Gasteiger partial charge < -0.3 is 4.57 Å². The maximum atomic E-state index is 2.49. The van der Waals surface area contributed by atoms with Crippen LogP contribution in [0.1, 0.15) is 50.7 Å². The minimum Gasteiger partial charge on any atom is -0.309 e. The molecule has 0 unspecified atom stereocenters. The van der Waals surface area contributed by atoms with Gasteiger partial charge in [0.25, 0.3) is 0 Å². The van der Waals surface area contributed by atoms with Crippen molar-refractivity contribution in [2.24, 2.45) is 0 Å². The number of thiophene rings is 1. The maximum Gasteiger partial charge on any atom is 0.0541 e. The first-order chi connectivity index (χ1) is 21.5. The summed E-state index contributed by atoms with van der Waals surface area (Å²) in [6.45, 7) is 9.12. The third-order valence-corrected chi connectivity index (χ3v) is 10.3. The monoisotopic (exact) mass is 585 g/mol. The van der Waals surface area contributed by atoms with Crippen molar-refractivity contribution in [3.63, 3.8) is 0 Å². The predicted molar refractivity (Wildman–Crippen MR) is 193 cm³/mol. The molecule has 0 amide bonds. The molecule has 2 aromatic heterocycles. The Labute approximate surface area is 263 Å². The molecule has 0 saturated carbocycles. The number of benzene rings is 6. The van der Waals surface area contributed by atoms with Crippen LogP contribution >= 0.6 is 11.3 Å². The van der Waals surface area contributed by atoms with Gasteiger partial charge in [-0.25, -0.2) is 0 Å². The zero-order chi connectivity index (χ0) is 29.9. The van der Waals surface area contributed by atoms with Crippen LogP contribution in [0, 0.1) is 0 Å². The summed E-state index contributed by atoms with van der Waals surface area (Å²) in [6.07, 6.45) is 0. The molecule has 0 N–H and O–H groups in total. The van der Waals surface area contributed by atoms with Gasteiger partial charge in [-0.15, -0.1) is 11.3 Å². The lowest BCUT2D eigenvalue weighted by molar-refractivity contribution is 0.868.